The Morgan fingerprint density at radius 3 is 2.71 bits per heavy atom. The highest BCUT2D eigenvalue weighted by Crippen LogP contribution is 2.26. The normalized spacial score (nSPS) is 11.9. The number of nitrogens with zero attached hydrogens (tertiary/aromatic N) is 2. The number of rotatable bonds is 4. The smallest absolute Gasteiger partial charge is 0.162 e. The molecule has 0 aliphatic heterocycles. The van der Waals surface area contributed by atoms with Gasteiger partial charge >= 0.3 is 0 Å². The zero-order valence-electron chi connectivity index (χ0n) is 14.9. The minimum atomic E-state index is 0.00190. The van der Waals surface area contributed by atoms with Gasteiger partial charge in [0, 0.05) is 30.8 Å². The standard InChI is InChI=1S/C19H24N4O/c1-6-17(24)12-7-8-14-15(9-12)21-18(20-14)16-10-13(11-23(16)5)22-19(2,3)4/h7-11,22H,6H2,1-5H3,(H,20,21). The van der Waals surface area contributed by atoms with Crippen LogP contribution < -0.4 is 5.32 Å². The second-order valence-electron chi connectivity index (χ2n) is 7.19. The van der Waals surface area contributed by atoms with Gasteiger partial charge in [-0.1, -0.05) is 6.92 Å². The molecule has 0 unspecified atom stereocenters. The van der Waals surface area contributed by atoms with Gasteiger partial charge in [-0.25, -0.2) is 4.98 Å². The first kappa shape index (κ1) is 16.3. The second-order valence-corrected chi connectivity index (χ2v) is 7.19. The SMILES string of the molecule is CCC(=O)c1ccc2nc(-c3cc(NC(C)(C)C)cn3C)[nH]c2c1. The first-order valence-corrected chi connectivity index (χ1v) is 8.25. The molecule has 24 heavy (non-hydrogen) atoms. The molecule has 0 aliphatic carbocycles. The number of hydrogen-bond donors (Lipinski definition) is 2. The molecule has 0 spiro atoms. The number of benzene rings is 1. The van der Waals surface area contributed by atoms with Crippen LogP contribution in [-0.4, -0.2) is 25.9 Å². The molecule has 2 heterocycles. The van der Waals surface area contributed by atoms with Crippen LogP contribution in [0, 0.1) is 0 Å². The van der Waals surface area contributed by atoms with E-state index in [2.05, 4.69) is 48.3 Å². The van der Waals surface area contributed by atoms with E-state index < -0.39 is 0 Å². The van der Waals surface area contributed by atoms with Crippen molar-refractivity contribution < 1.29 is 4.79 Å². The number of H-pyrrole nitrogens is 1. The van der Waals surface area contributed by atoms with Crippen LogP contribution in [0.15, 0.2) is 30.5 Å². The Balaban J connectivity index is 1.99. The van der Waals surface area contributed by atoms with Gasteiger partial charge in [0.15, 0.2) is 11.6 Å². The number of ketones is 1. The summed E-state index contributed by atoms with van der Waals surface area (Å²) in [7, 11) is 2.00. The number of nitrogens with one attached hydrogen (secondary N) is 2. The van der Waals surface area contributed by atoms with Crippen molar-refractivity contribution in [1.29, 1.82) is 0 Å². The third-order valence-electron chi connectivity index (χ3n) is 3.89. The van der Waals surface area contributed by atoms with Crippen LogP contribution in [-0.2, 0) is 7.05 Å². The van der Waals surface area contributed by atoms with Crippen molar-refractivity contribution in [3.8, 4) is 11.5 Å². The number of anilines is 1. The first-order valence-electron chi connectivity index (χ1n) is 8.25. The lowest BCUT2D eigenvalue weighted by molar-refractivity contribution is 0.0988. The van der Waals surface area contributed by atoms with Crippen molar-refractivity contribution >= 4 is 22.5 Å². The fourth-order valence-corrected chi connectivity index (χ4v) is 2.81. The van der Waals surface area contributed by atoms with Gasteiger partial charge < -0.3 is 14.9 Å². The third-order valence-corrected chi connectivity index (χ3v) is 3.89. The highest BCUT2D eigenvalue weighted by atomic mass is 16.1. The fourth-order valence-electron chi connectivity index (χ4n) is 2.81. The predicted octanol–water partition coefficient (Wildman–Crippen LogP) is 4.37. The molecule has 2 N–H and O–H groups in total. The molecule has 2 aromatic heterocycles. The van der Waals surface area contributed by atoms with E-state index in [4.69, 9.17) is 0 Å². The first-order chi connectivity index (χ1) is 11.3. The van der Waals surface area contributed by atoms with Crippen molar-refractivity contribution in [2.75, 3.05) is 5.32 Å². The summed E-state index contributed by atoms with van der Waals surface area (Å²) in [4.78, 5) is 19.9. The number of fused-ring (bicyclic) bond motifs is 1. The summed E-state index contributed by atoms with van der Waals surface area (Å²) >= 11 is 0. The summed E-state index contributed by atoms with van der Waals surface area (Å²) < 4.78 is 2.05. The molecule has 1 aromatic carbocycles. The lowest BCUT2D eigenvalue weighted by Crippen LogP contribution is -2.25. The second kappa shape index (κ2) is 5.82. The molecule has 0 saturated carbocycles. The molecule has 5 heteroatoms. The van der Waals surface area contributed by atoms with Gasteiger partial charge in [0.25, 0.3) is 0 Å². The maximum atomic E-state index is 11.9. The van der Waals surface area contributed by atoms with E-state index in [0.29, 0.717) is 6.42 Å². The largest absolute Gasteiger partial charge is 0.379 e. The van der Waals surface area contributed by atoms with E-state index in [1.54, 1.807) is 0 Å². The summed E-state index contributed by atoms with van der Waals surface area (Å²) in [6, 6.07) is 7.71. The number of carbonyl (C=O) groups excluding carboxylic acids is 1. The van der Waals surface area contributed by atoms with E-state index >= 15 is 0 Å². The molecule has 3 aromatic rings. The number of imidazole rings is 1. The molecule has 5 nitrogen and oxygen atoms in total. The average Bonchev–Trinajstić information content (AvgIpc) is 3.06. The fraction of sp³-hybridized carbons (Fsp3) is 0.368. The van der Waals surface area contributed by atoms with Crippen LogP contribution in [0.2, 0.25) is 0 Å². The summed E-state index contributed by atoms with van der Waals surface area (Å²) in [6.45, 7) is 8.27. The Hall–Kier alpha value is -2.56. The van der Waals surface area contributed by atoms with Crippen molar-refractivity contribution in [3.63, 3.8) is 0 Å². The molecule has 0 bridgehead atoms. The van der Waals surface area contributed by atoms with Gasteiger partial charge in [-0.15, -0.1) is 0 Å². The quantitative estimate of drug-likeness (QED) is 0.700. The Morgan fingerprint density at radius 1 is 1.29 bits per heavy atom. The van der Waals surface area contributed by atoms with Crippen molar-refractivity contribution in [2.24, 2.45) is 7.05 Å². The Morgan fingerprint density at radius 2 is 2.04 bits per heavy atom. The molecule has 0 fully saturated rings. The van der Waals surface area contributed by atoms with Crippen LogP contribution in [0.5, 0.6) is 0 Å². The molecular weight excluding hydrogens is 300 g/mol. The summed E-state index contributed by atoms with van der Waals surface area (Å²) in [5.41, 5.74) is 4.54. The molecular formula is C19H24N4O. The molecule has 0 amide bonds. The minimum Gasteiger partial charge on any atom is -0.379 e. The van der Waals surface area contributed by atoms with Gasteiger partial charge in [-0.3, -0.25) is 4.79 Å². The van der Waals surface area contributed by atoms with Crippen molar-refractivity contribution in [2.45, 2.75) is 39.7 Å². The number of aryl methyl sites for hydroxylation is 1. The van der Waals surface area contributed by atoms with Crippen LogP contribution in [0.1, 0.15) is 44.5 Å². The summed E-state index contributed by atoms with van der Waals surface area (Å²) in [6.07, 6.45) is 2.56. The highest BCUT2D eigenvalue weighted by Gasteiger charge is 2.15. The van der Waals surface area contributed by atoms with Gasteiger partial charge in [0.1, 0.15) is 0 Å². The molecule has 3 rings (SSSR count). The predicted molar refractivity (Wildman–Crippen MR) is 98.5 cm³/mol. The van der Waals surface area contributed by atoms with Crippen molar-refractivity contribution in [3.05, 3.63) is 36.0 Å². The monoisotopic (exact) mass is 324 g/mol. The maximum absolute atomic E-state index is 11.9. The molecule has 0 aliphatic rings. The molecule has 0 atom stereocenters. The van der Waals surface area contributed by atoms with Gasteiger partial charge in [-0.2, -0.15) is 0 Å². The molecule has 0 saturated heterocycles. The third kappa shape index (κ3) is 3.20. The number of aromatic nitrogens is 3. The number of aromatic amines is 1. The molecule has 0 radical (unpaired) electrons. The summed E-state index contributed by atoms with van der Waals surface area (Å²) in [5, 5.41) is 3.47. The van der Waals surface area contributed by atoms with Gasteiger partial charge in [0.05, 0.1) is 22.4 Å². The zero-order valence-corrected chi connectivity index (χ0v) is 14.9. The van der Waals surface area contributed by atoms with Gasteiger partial charge in [0.2, 0.25) is 0 Å². The van der Waals surface area contributed by atoms with E-state index in [9.17, 15) is 4.79 Å². The highest BCUT2D eigenvalue weighted by molar-refractivity contribution is 5.99. The Labute approximate surface area is 142 Å². The van der Waals surface area contributed by atoms with Crippen LogP contribution in [0.4, 0.5) is 5.69 Å². The molecule has 126 valence electrons. The number of Topliss-reactive ketones (excluding diaryl/α,β-unsaturated/α-hetero) is 1. The van der Waals surface area contributed by atoms with Crippen LogP contribution in [0.25, 0.3) is 22.6 Å². The van der Waals surface area contributed by atoms with Gasteiger partial charge in [-0.05, 0) is 45.0 Å². The lowest BCUT2D eigenvalue weighted by Gasteiger charge is -2.20. The maximum Gasteiger partial charge on any atom is 0.162 e. The van der Waals surface area contributed by atoms with E-state index in [1.807, 2.05) is 36.7 Å². The van der Waals surface area contributed by atoms with Crippen LogP contribution >= 0.6 is 0 Å². The van der Waals surface area contributed by atoms with E-state index in [-0.39, 0.29) is 11.3 Å². The van der Waals surface area contributed by atoms with Crippen molar-refractivity contribution in [1.82, 2.24) is 14.5 Å². The Bertz CT molecular complexity index is 896. The Kier molecular flexibility index (Phi) is 3.95. The van der Waals surface area contributed by atoms with E-state index in [1.165, 1.54) is 0 Å². The van der Waals surface area contributed by atoms with E-state index in [0.717, 1.165) is 33.8 Å². The zero-order chi connectivity index (χ0) is 17.5. The lowest BCUT2D eigenvalue weighted by atomic mass is 10.1. The number of carbonyl (C=O) groups is 1. The summed E-state index contributed by atoms with van der Waals surface area (Å²) in [5.74, 6) is 0.944. The topological polar surface area (TPSA) is 62.7 Å². The number of hydrogen-bond acceptors (Lipinski definition) is 3. The average molecular weight is 324 g/mol. The van der Waals surface area contributed by atoms with Crippen LogP contribution in [0.3, 0.4) is 0 Å². The minimum absolute atomic E-state index is 0.00190.